The van der Waals surface area contributed by atoms with E-state index in [-0.39, 0.29) is 0 Å². The molecule has 0 fully saturated rings. The molecule has 1 aromatic carbocycles. The lowest BCUT2D eigenvalue weighted by Gasteiger charge is -2.18. The number of ether oxygens (including phenoxy) is 2. The van der Waals surface area contributed by atoms with Crippen LogP contribution in [0.1, 0.15) is 19.4 Å². The van der Waals surface area contributed by atoms with Crippen molar-refractivity contribution < 1.29 is 22.6 Å². The molecule has 0 unspecified atom stereocenters. The molecule has 3 nitrogen and oxygen atoms in total. The lowest BCUT2D eigenvalue weighted by Crippen LogP contribution is -2.26. The van der Waals surface area contributed by atoms with Crippen molar-refractivity contribution in [3.8, 4) is 0 Å². The third kappa shape index (κ3) is 5.48. The van der Waals surface area contributed by atoms with Gasteiger partial charge in [0.2, 0.25) is 0 Å². The first-order valence-electron chi connectivity index (χ1n) is 6.11. The molecule has 1 aromatic rings. The Bertz CT molecular complexity index is 376. The molecule has 6 heteroatoms. The summed E-state index contributed by atoms with van der Waals surface area (Å²) in [6.45, 7) is 4.92. The molecule has 1 N–H and O–H groups in total. The lowest BCUT2D eigenvalue weighted by atomic mass is 10.2. The highest BCUT2D eigenvalue weighted by molar-refractivity contribution is 5.46. The first kappa shape index (κ1) is 15.8. The Morgan fingerprint density at radius 1 is 1.16 bits per heavy atom. The zero-order valence-corrected chi connectivity index (χ0v) is 11.0. The van der Waals surface area contributed by atoms with Gasteiger partial charge in [-0.1, -0.05) is 6.07 Å². The maximum atomic E-state index is 12.5. The third-order valence-electron chi connectivity index (χ3n) is 2.37. The number of alkyl halides is 3. The van der Waals surface area contributed by atoms with E-state index in [9.17, 15) is 13.2 Å². The molecule has 0 aromatic heterocycles. The van der Waals surface area contributed by atoms with Crippen molar-refractivity contribution in [2.45, 2.75) is 26.3 Å². The Morgan fingerprint density at radius 3 is 2.32 bits per heavy atom. The fourth-order valence-corrected chi connectivity index (χ4v) is 1.54. The third-order valence-corrected chi connectivity index (χ3v) is 2.37. The lowest BCUT2D eigenvalue weighted by molar-refractivity contribution is -0.137. The van der Waals surface area contributed by atoms with Crippen LogP contribution in [0.3, 0.4) is 0 Å². The highest BCUT2D eigenvalue weighted by Gasteiger charge is 2.30. The summed E-state index contributed by atoms with van der Waals surface area (Å²) in [5.74, 6) is 0. The second kappa shape index (κ2) is 7.35. The molecule has 0 amide bonds. The summed E-state index contributed by atoms with van der Waals surface area (Å²) in [5.41, 5.74) is -0.291. The van der Waals surface area contributed by atoms with Crippen molar-refractivity contribution in [1.82, 2.24) is 0 Å². The van der Waals surface area contributed by atoms with Gasteiger partial charge in [0.05, 0.1) is 12.1 Å². The van der Waals surface area contributed by atoms with E-state index < -0.39 is 18.0 Å². The number of halogens is 3. The maximum absolute atomic E-state index is 12.5. The quantitative estimate of drug-likeness (QED) is 0.774. The van der Waals surface area contributed by atoms with E-state index in [4.69, 9.17) is 9.47 Å². The predicted molar refractivity (Wildman–Crippen MR) is 67.0 cm³/mol. The second-order valence-electron chi connectivity index (χ2n) is 3.80. The summed E-state index contributed by atoms with van der Waals surface area (Å²) >= 11 is 0. The normalized spacial score (nSPS) is 11.9. The smallest absolute Gasteiger partial charge is 0.380 e. The van der Waals surface area contributed by atoms with Gasteiger partial charge < -0.3 is 14.8 Å². The van der Waals surface area contributed by atoms with Crippen molar-refractivity contribution in [1.29, 1.82) is 0 Å². The molecule has 0 saturated heterocycles. The predicted octanol–water partition coefficient (Wildman–Crippen LogP) is 3.52. The molecule has 19 heavy (non-hydrogen) atoms. The summed E-state index contributed by atoms with van der Waals surface area (Å²) in [4.78, 5) is 0. The first-order chi connectivity index (χ1) is 8.97. The van der Waals surface area contributed by atoms with Gasteiger partial charge in [0.25, 0.3) is 0 Å². The minimum atomic E-state index is -4.34. The Kier molecular flexibility index (Phi) is 6.11. The maximum Gasteiger partial charge on any atom is 0.416 e. The Labute approximate surface area is 110 Å². The van der Waals surface area contributed by atoms with Gasteiger partial charge in [0.15, 0.2) is 6.29 Å². The van der Waals surface area contributed by atoms with E-state index in [0.717, 1.165) is 12.1 Å². The van der Waals surface area contributed by atoms with E-state index in [1.165, 1.54) is 6.07 Å². The molecule has 1 rings (SSSR count). The molecule has 0 saturated carbocycles. The molecule has 0 bridgehead atoms. The van der Waals surface area contributed by atoms with Gasteiger partial charge in [-0.25, -0.2) is 0 Å². The van der Waals surface area contributed by atoms with E-state index in [0.29, 0.717) is 25.4 Å². The topological polar surface area (TPSA) is 30.5 Å². The average Bonchev–Trinajstić information content (AvgIpc) is 2.36. The molecular weight excluding hydrogens is 259 g/mol. The SMILES string of the molecule is CCOC(CNc1cccc(C(F)(F)F)c1)OCC. The van der Waals surface area contributed by atoms with Crippen LogP contribution >= 0.6 is 0 Å². The van der Waals surface area contributed by atoms with Crippen molar-refractivity contribution in [3.05, 3.63) is 29.8 Å². The fraction of sp³-hybridized carbons (Fsp3) is 0.538. The second-order valence-corrected chi connectivity index (χ2v) is 3.80. The number of anilines is 1. The number of nitrogens with one attached hydrogen (secondary N) is 1. The zero-order valence-electron chi connectivity index (χ0n) is 11.0. The van der Waals surface area contributed by atoms with Crippen molar-refractivity contribution in [2.24, 2.45) is 0 Å². The van der Waals surface area contributed by atoms with Gasteiger partial charge >= 0.3 is 6.18 Å². The molecule has 0 aliphatic rings. The first-order valence-corrected chi connectivity index (χ1v) is 6.11. The van der Waals surface area contributed by atoms with Crippen LogP contribution in [-0.2, 0) is 15.7 Å². The Morgan fingerprint density at radius 2 is 1.79 bits per heavy atom. The number of benzene rings is 1. The standard InChI is InChI=1S/C13H18F3NO2/c1-3-18-12(19-4-2)9-17-11-7-5-6-10(8-11)13(14,15)16/h5-8,12,17H,3-4,9H2,1-2H3. The van der Waals surface area contributed by atoms with E-state index in [2.05, 4.69) is 5.32 Å². The fourth-order valence-electron chi connectivity index (χ4n) is 1.54. The molecule has 0 atom stereocenters. The van der Waals surface area contributed by atoms with Crippen molar-refractivity contribution in [2.75, 3.05) is 25.1 Å². The van der Waals surface area contributed by atoms with Crippen LogP contribution in [0, 0.1) is 0 Å². The van der Waals surface area contributed by atoms with Gasteiger partial charge in [0.1, 0.15) is 0 Å². The van der Waals surface area contributed by atoms with Crippen LogP contribution in [-0.4, -0.2) is 26.0 Å². The highest BCUT2D eigenvalue weighted by Crippen LogP contribution is 2.30. The molecule has 0 radical (unpaired) electrons. The minimum absolute atomic E-state index is 0.295. The summed E-state index contributed by atoms with van der Waals surface area (Å²) in [7, 11) is 0. The van der Waals surface area contributed by atoms with Gasteiger partial charge in [0, 0.05) is 18.9 Å². The minimum Gasteiger partial charge on any atom is -0.380 e. The Hall–Kier alpha value is -1.27. The number of hydrogen-bond acceptors (Lipinski definition) is 3. The zero-order chi connectivity index (χ0) is 14.3. The van der Waals surface area contributed by atoms with Crippen LogP contribution < -0.4 is 5.32 Å². The molecule has 0 spiro atoms. The van der Waals surface area contributed by atoms with Crippen LogP contribution in [0.25, 0.3) is 0 Å². The molecule has 0 aliphatic heterocycles. The monoisotopic (exact) mass is 277 g/mol. The van der Waals surface area contributed by atoms with E-state index in [1.807, 2.05) is 13.8 Å². The Balaban J connectivity index is 2.61. The van der Waals surface area contributed by atoms with Crippen molar-refractivity contribution in [3.63, 3.8) is 0 Å². The van der Waals surface area contributed by atoms with Crippen LogP contribution in [0.2, 0.25) is 0 Å². The van der Waals surface area contributed by atoms with Crippen LogP contribution in [0.15, 0.2) is 24.3 Å². The number of rotatable bonds is 7. The van der Waals surface area contributed by atoms with Gasteiger partial charge in [-0.15, -0.1) is 0 Å². The average molecular weight is 277 g/mol. The van der Waals surface area contributed by atoms with E-state index in [1.54, 1.807) is 6.07 Å². The summed E-state index contributed by atoms with van der Waals surface area (Å²) in [6, 6.07) is 5.04. The summed E-state index contributed by atoms with van der Waals surface area (Å²) < 4.78 is 48.2. The molecule has 108 valence electrons. The van der Waals surface area contributed by atoms with Crippen LogP contribution in [0.5, 0.6) is 0 Å². The summed E-state index contributed by atoms with van der Waals surface area (Å²) in [6.07, 6.45) is -4.80. The highest BCUT2D eigenvalue weighted by atomic mass is 19.4. The van der Waals surface area contributed by atoms with Crippen molar-refractivity contribution >= 4 is 5.69 Å². The van der Waals surface area contributed by atoms with E-state index >= 15 is 0 Å². The van der Waals surface area contributed by atoms with Gasteiger partial charge in [-0.05, 0) is 32.0 Å². The largest absolute Gasteiger partial charge is 0.416 e. The van der Waals surface area contributed by atoms with Gasteiger partial charge in [-0.2, -0.15) is 13.2 Å². The molecular formula is C13H18F3NO2. The van der Waals surface area contributed by atoms with Crippen LogP contribution in [0.4, 0.5) is 18.9 Å². The number of hydrogen-bond donors (Lipinski definition) is 1. The molecule has 0 aliphatic carbocycles. The summed E-state index contributed by atoms with van der Waals surface area (Å²) in [5, 5.41) is 2.88. The van der Waals surface area contributed by atoms with Gasteiger partial charge in [-0.3, -0.25) is 0 Å². The molecule has 0 heterocycles.